The zero-order valence-electron chi connectivity index (χ0n) is 12.4. The van der Waals surface area contributed by atoms with Crippen LogP contribution in [-0.4, -0.2) is 19.1 Å². The first-order chi connectivity index (χ1) is 10.2. The Labute approximate surface area is 125 Å². The molecule has 1 N–H and O–H groups in total. The van der Waals surface area contributed by atoms with Crippen LogP contribution in [0.4, 0.5) is 11.4 Å². The molecule has 0 fully saturated rings. The molecule has 1 heterocycles. The van der Waals surface area contributed by atoms with E-state index in [1.165, 1.54) is 11.1 Å². The average molecular weight is 277 g/mol. The Morgan fingerprint density at radius 1 is 0.905 bits per heavy atom. The van der Waals surface area contributed by atoms with E-state index in [4.69, 9.17) is 0 Å². The zero-order chi connectivity index (χ0) is 14.7. The molecule has 3 aromatic rings. The van der Waals surface area contributed by atoms with Crippen LogP contribution < -0.4 is 10.2 Å². The number of benzene rings is 2. The Hall–Kier alpha value is -2.55. The summed E-state index contributed by atoms with van der Waals surface area (Å²) < 4.78 is 0. The predicted octanol–water partition coefficient (Wildman–Crippen LogP) is 3.91. The Bertz CT molecular complexity index is 750. The molecule has 1 aromatic heterocycles. The van der Waals surface area contributed by atoms with E-state index < -0.39 is 0 Å². The minimum Gasteiger partial charge on any atom is -0.378 e. The number of aromatic nitrogens is 1. The van der Waals surface area contributed by atoms with Crippen molar-refractivity contribution in [2.45, 2.75) is 6.54 Å². The molecule has 0 spiro atoms. The van der Waals surface area contributed by atoms with E-state index in [1.807, 2.05) is 24.3 Å². The summed E-state index contributed by atoms with van der Waals surface area (Å²) in [6.07, 6.45) is 0. The summed E-state index contributed by atoms with van der Waals surface area (Å²) in [4.78, 5) is 6.80. The molecule has 0 radical (unpaired) electrons. The Kier molecular flexibility index (Phi) is 3.73. The summed E-state index contributed by atoms with van der Waals surface area (Å²) in [5.74, 6) is 0. The third kappa shape index (κ3) is 2.97. The van der Waals surface area contributed by atoms with Gasteiger partial charge in [0.2, 0.25) is 0 Å². The molecule has 0 saturated heterocycles. The van der Waals surface area contributed by atoms with Crippen molar-refractivity contribution in [2.24, 2.45) is 0 Å². The van der Waals surface area contributed by atoms with Gasteiger partial charge in [-0.15, -0.1) is 0 Å². The highest BCUT2D eigenvalue weighted by Gasteiger charge is 2.04. The molecule has 21 heavy (non-hydrogen) atoms. The number of pyridine rings is 1. The van der Waals surface area contributed by atoms with Crippen molar-refractivity contribution in [2.75, 3.05) is 24.3 Å². The van der Waals surface area contributed by atoms with E-state index in [-0.39, 0.29) is 0 Å². The summed E-state index contributed by atoms with van der Waals surface area (Å²) in [7, 11) is 4.10. The van der Waals surface area contributed by atoms with Gasteiger partial charge in [-0.1, -0.05) is 36.4 Å². The van der Waals surface area contributed by atoms with Crippen LogP contribution in [0.15, 0.2) is 60.7 Å². The highest BCUT2D eigenvalue weighted by Crippen LogP contribution is 2.24. The normalized spacial score (nSPS) is 10.6. The lowest BCUT2D eigenvalue weighted by atomic mass is 10.2. The smallest absolute Gasteiger partial charge is 0.0706 e. The van der Waals surface area contributed by atoms with Gasteiger partial charge in [-0.25, -0.2) is 0 Å². The van der Waals surface area contributed by atoms with Gasteiger partial charge >= 0.3 is 0 Å². The van der Waals surface area contributed by atoms with Gasteiger partial charge in [0.25, 0.3) is 0 Å². The van der Waals surface area contributed by atoms with Gasteiger partial charge < -0.3 is 10.2 Å². The molecule has 0 amide bonds. The topological polar surface area (TPSA) is 28.2 Å². The van der Waals surface area contributed by atoms with Crippen LogP contribution in [0.2, 0.25) is 0 Å². The van der Waals surface area contributed by atoms with Crippen LogP contribution in [0.3, 0.4) is 0 Å². The van der Waals surface area contributed by atoms with Crippen LogP contribution in [0.5, 0.6) is 0 Å². The van der Waals surface area contributed by atoms with E-state index in [0.717, 1.165) is 23.4 Å². The van der Waals surface area contributed by atoms with Gasteiger partial charge in [-0.2, -0.15) is 0 Å². The maximum Gasteiger partial charge on any atom is 0.0706 e. The number of fused-ring (bicyclic) bond motifs is 1. The maximum atomic E-state index is 4.69. The third-order valence-electron chi connectivity index (χ3n) is 3.50. The first kappa shape index (κ1) is 13.4. The van der Waals surface area contributed by atoms with Gasteiger partial charge in [-0.05, 0) is 24.3 Å². The lowest BCUT2D eigenvalue weighted by Gasteiger charge is -2.18. The largest absolute Gasteiger partial charge is 0.378 e. The van der Waals surface area contributed by atoms with Crippen molar-refractivity contribution in [1.82, 2.24) is 4.98 Å². The Balaban J connectivity index is 1.80. The lowest BCUT2D eigenvalue weighted by Crippen LogP contribution is -2.12. The average Bonchev–Trinajstić information content (AvgIpc) is 2.53. The van der Waals surface area contributed by atoms with E-state index in [2.05, 4.69) is 65.7 Å². The first-order valence-corrected chi connectivity index (χ1v) is 7.09. The molecule has 2 aromatic carbocycles. The number of hydrogen-bond acceptors (Lipinski definition) is 3. The van der Waals surface area contributed by atoms with Crippen molar-refractivity contribution in [1.29, 1.82) is 0 Å². The zero-order valence-corrected chi connectivity index (χ0v) is 12.4. The summed E-state index contributed by atoms with van der Waals surface area (Å²) in [5, 5.41) is 4.65. The molecule has 3 heteroatoms. The summed E-state index contributed by atoms with van der Waals surface area (Å²) in [6.45, 7) is 0.718. The Morgan fingerprint density at radius 3 is 2.52 bits per heavy atom. The number of rotatable bonds is 4. The molecule has 3 rings (SSSR count). The summed E-state index contributed by atoms with van der Waals surface area (Å²) >= 11 is 0. The van der Waals surface area contributed by atoms with E-state index in [9.17, 15) is 0 Å². The van der Waals surface area contributed by atoms with Gasteiger partial charge in [-0.3, -0.25) is 4.98 Å². The lowest BCUT2D eigenvalue weighted by molar-refractivity contribution is 1.05. The Morgan fingerprint density at radius 2 is 1.67 bits per heavy atom. The van der Waals surface area contributed by atoms with Crippen molar-refractivity contribution in [3.8, 4) is 0 Å². The van der Waals surface area contributed by atoms with Gasteiger partial charge in [0.05, 0.1) is 29.1 Å². The molecule has 3 nitrogen and oxygen atoms in total. The number of nitrogens with one attached hydrogen (secondary N) is 1. The molecule has 106 valence electrons. The fourth-order valence-corrected chi connectivity index (χ4v) is 2.41. The monoisotopic (exact) mass is 277 g/mol. The van der Waals surface area contributed by atoms with Gasteiger partial charge in [0.15, 0.2) is 0 Å². The highest BCUT2D eigenvalue weighted by molar-refractivity contribution is 5.78. The molecular formula is C18H19N3. The first-order valence-electron chi connectivity index (χ1n) is 7.09. The second-order valence-corrected chi connectivity index (χ2v) is 5.26. The molecule has 0 saturated carbocycles. The van der Waals surface area contributed by atoms with Crippen molar-refractivity contribution in [3.05, 3.63) is 66.4 Å². The van der Waals surface area contributed by atoms with E-state index in [0.29, 0.717) is 0 Å². The second-order valence-electron chi connectivity index (χ2n) is 5.26. The fraction of sp³-hybridized carbons (Fsp3) is 0.167. The molecular weight excluding hydrogens is 258 g/mol. The quantitative estimate of drug-likeness (QED) is 0.783. The fourth-order valence-electron chi connectivity index (χ4n) is 2.41. The molecule has 0 unspecified atom stereocenters. The maximum absolute atomic E-state index is 4.69. The van der Waals surface area contributed by atoms with E-state index >= 15 is 0 Å². The number of anilines is 2. The molecule has 0 aliphatic rings. The summed E-state index contributed by atoms with van der Waals surface area (Å²) in [6, 6.07) is 20.7. The predicted molar refractivity (Wildman–Crippen MR) is 89.8 cm³/mol. The molecule has 0 bridgehead atoms. The van der Waals surface area contributed by atoms with Crippen molar-refractivity contribution < 1.29 is 0 Å². The minimum absolute atomic E-state index is 0.718. The van der Waals surface area contributed by atoms with Crippen LogP contribution in [0.1, 0.15) is 5.69 Å². The van der Waals surface area contributed by atoms with Crippen LogP contribution in [-0.2, 0) is 6.54 Å². The van der Waals surface area contributed by atoms with Crippen molar-refractivity contribution in [3.63, 3.8) is 0 Å². The number of para-hydroxylation sites is 3. The van der Waals surface area contributed by atoms with E-state index in [1.54, 1.807) is 0 Å². The summed E-state index contributed by atoms with van der Waals surface area (Å²) in [5.41, 5.74) is 4.38. The number of nitrogens with zero attached hydrogens (tertiary/aromatic N) is 2. The highest BCUT2D eigenvalue weighted by atomic mass is 15.1. The second kappa shape index (κ2) is 5.83. The van der Waals surface area contributed by atoms with Crippen molar-refractivity contribution >= 4 is 22.3 Å². The van der Waals surface area contributed by atoms with Gasteiger partial charge in [0, 0.05) is 19.5 Å². The third-order valence-corrected chi connectivity index (χ3v) is 3.50. The van der Waals surface area contributed by atoms with Crippen LogP contribution >= 0.6 is 0 Å². The molecule has 0 aliphatic carbocycles. The molecule has 0 aliphatic heterocycles. The van der Waals surface area contributed by atoms with Crippen LogP contribution in [0.25, 0.3) is 10.9 Å². The van der Waals surface area contributed by atoms with Gasteiger partial charge in [0.1, 0.15) is 0 Å². The SMILES string of the molecule is CN(C)c1ccccc1NCc1ccc2ccccc2n1. The van der Waals surface area contributed by atoms with Crippen LogP contribution in [0, 0.1) is 0 Å². The molecule has 0 atom stereocenters. The standard InChI is InChI=1S/C18H19N3/c1-21(2)18-10-6-5-9-17(18)19-13-15-12-11-14-7-3-4-8-16(14)20-15/h3-12,19H,13H2,1-2H3. The number of hydrogen-bond donors (Lipinski definition) is 1. The minimum atomic E-state index is 0.718.